The summed E-state index contributed by atoms with van der Waals surface area (Å²) in [5.41, 5.74) is 0.836. The van der Waals surface area contributed by atoms with E-state index in [-0.39, 0.29) is 0 Å². The maximum Gasteiger partial charge on any atom is 0.317 e. The minimum absolute atomic E-state index is 0.377. The highest BCUT2D eigenvalue weighted by Crippen LogP contribution is 2.29. The average molecular weight is 327 g/mol. The predicted molar refractivity (Wildman–Crippen MR) is 83.9 cm³/mol. The van der Waals surface area contributed by atoms with Crippen LogP contribution in [0.3, 0.4) is 0 Å². The van der Waals surface area contributed by atoms with Crippen LogP contribution in [0.4, 0.5) is 0 Å². The quantitative estimate of drug-likeness (QED) is 0.803. The minimum Gasteiger partial charge on any atom is -0.480 e. The molecule has 0 aromatic heterocycles. The van der Waals surface area contributed by atoms with E-state index in [1.54, 1.807) is 18.2 Å². The van der Waals surface area contributed by atoms with Crippen molar-refractivity contribution in [2.24, 2.45) is 0 Å². The number of carboxylic acids is 1. The van der Waals surface area contributed by atoms with E-state index in [1.807, 2.05) is 30.3 Å². The number of benzene rings is 2. The molecule has 1 N–H and O–H groups in total. The van der Waals surface area contributed by atoms with Gasteiger partial charge in [0.1, 0.15) is 5.25 Å². The van der Waals surface area contributed by atoms with Gasteiger partial charge in [0.2, 0.25) is 0 Å². The zero-order valence-corrected chi connectivity index (χ0v) is 12.8. The van der Waals surface area contributed by atoms with Gasteiger partial charge in [-0.2, -0.15) is 0 Å². The molecule has 5 heteroatoms. The maximum absolute atomic E-state index is 11.4. The van der Waals surface area contributed by atoms with Crippen LogP contribution in [-0.4, -0.2) is 16.3 Å². The lowest BCUT2D eigenvalue weighted by molar-refractivity contribution is -0.136. The number of thioether (sulfide) groups is 1. The average Bonchev–Trinajstić information content (AvgIpc) is 2.42. The number of carbonyl (C=O) groups is 1. The number of carboxylic acid groups (broad SMARTS) is 1. The Kier molecular flexibility index (Phi) is 5.35. The Hall–Kier alpha value is -1.16. The first kappa shape index (κ1) is 15.2. The molecule has 2 nitrogen and oxygen atoms in total. The van der Waals surface area contributed by atoms with E-state index >= 15 is 0 Å². The van der Waals surface area contributed by atoms with Crippen molar-refractivity contribution in [1.29, 1.82) is 0 Å². The zero-order valence-electron chi connectivity index (χ0n) is 10.4. The lowest BCUT2D eigenvalue weighted by Gasteiger charge is -2.13. The molecule has 104 valence electrons. The van der Waals surface area contributed by atoms with Crippen LogP contribution >= 0.6 is 35.0 Å². The van der Waals surface area contributed by atoms with E-state index < -0.39 is 11.2 Å². The van der Waals surface area contributed by atoms with Gasteiger partial charge < -0.3 is 5.11 Å². The summed E-state index contributed by atoms with van der Waals surface area (Å²) in [6.07, 6.45) is 0.377. The molecule has 0 spiro atoms. The van der Waals surface area contributed by atoms with Gasteiger partial charge in [0, 0.05) is 14.9 Å². The fourth-order valence-electron chi connectivity index (χ4n) is 1.72. The Morgan fingerprint density at radius 1 is 1.10 bits per heavy atom. The molecule has 0 saturated carbocycles. The Bertz CT molecular complexity index is 599. The Labute approximate surface area is 131 Å². The molecule has 2 aromatic carbocycles. The Morgan fingerprint density at radius 3 is 2.35 bits per heavy atom. The van der Waals surface area contributed by atoms with Crippen molar-refractivity contribution in [3.63, 3.8) is 0 Å². The van der Waals surface area contributed by atoms with Crippen LogP contribution < -0.4 is 0 Å². The molecule has 0 fully saturated rings. The summed E-state index contributed by atoms with van der Waals surface area (Å²) in [4.78, 5) is 12.3. The molecular formula is C15H12Cl2O2S. The third-order valence-corrected chi connectivity index (χ3v) is 4.55. The van der Waals surface area contributed by atoms with Gasteiger partial charge in [0.15, 0.2) is 0 Å². The summed E-state index contributed by atoms with van der Waals surface area (Å²) in [5, 5.41) is 9.99. The van der Waals surface area contributed by atoms with E-state index in [0.29, 0.717) is 16.5 Å². The van der Waals surface area contributed by atoms with Crippen LogP contribution in [0.25, 0.3) is 0 Å². The van der Waals surface area contributed by atoms with Gasteiger partial charge in [0.25, 0.3) is 0 Å². The van der Waals surface area contributed by atoms with Crippen LogP contribution in [-0.2, 0) is 11.2 Å². The fourth-order valence-corrected chi connectivity index (χ4v) is 3.04. The molecule has 0 bridgehead atoms. The van der Waals surface area contributed by atoms with Crippen molar-refractivity contribution < 1.29 is 9.90 Å². The second-order valence-electron chi connectivity index (χ2n) is 4.19. The largest absolute Gasteiger partial charge is 0.480 e. The van der Waals surface area contributed by atoms with Gasteiger partial charge in [-0.3, -0.25) is 4.79 Å². The van der Waals surface area contributed by atoms with Crippen molar-refractivity contribution in [1.82, 2.24) is 0 Å². The fraction of sp³-hybridized carbons (Fsp3) is 0.133. The first-order valence-corrected chi connectivity index (χ1v) is 7.58. The van der Waals surface area contributed by atoms with E-state index in [0.717, 1.165) is 10.5 Å². The van der Waals surface area contributed by atoms with Gasteiger partial charge in [0.05, 0.1) is 0 Å². The lowest BCUT2D eigenvalue weighted by Crippen LogP contribution is -2.19. The third-order valence-electron chi connectivity index (χ3n) is 2.73. The topological polar surface area (TPSA) is 37.3 Å². The highest BCUT2D eigenvalue weighted by Gasteiger charge is 2.20. The summed E-state index contributed by atoms with van der Waals surface area (Å²) in [5.74, 6) is -0.857. The molecule has 0 aliphatic rings. The van der Waals surface area contributed by atoms with E-state index in [9.17, 15) is 9.90 Å². The zero-order chi connectivity index (χ0) is 14.5. The van der Waals surface area contributed by atoms with Gasteiger partial charge in [-0.25, -0.2) is 0 Å². The van der Waals surface area contributed by atoms with Crippen LogP contribution in [0.2, 0.25) is 10.0 Å². The summed E-state index contributed by atoms with van der Waals surface area (Å²) in [7, 11) is 0. The van der Waals surface area contributed by atoms with Crippen LogP contribution in [0.1, 0.15) is 5.56 Å². The summed E-state index contributed by atoms with van der Waals surface area (Å²) >= 11 is 13.2. The van der Waals surface area contributed by atoms with E-state index in [1.165, 1.54) is 11.8 Å². The molecule has 2 rings (SSSR count). The molecule has 20 heavy (non-hydrogen) atoms. The third kappa shape index (κ3) is 4.17. The van der Waals surface area contributed by atoms with Crippen LogP contribution in [0.15, 0.2) is 53.4 Å². The molecule has 0 saturated heterocycles. The lowest BCUT2D eigenvalue weighted by atomic mass is 10.1. The van der Waals surface area contributed by atoms with Crippen molar-refractivity contribution in [2.75, 3.05) is 0 Å². The highest BCUT2D eigenvalue weighted by molar-refractivity contribution is 8.00. The summed E-state index contributed by atoms with van der Waals surface area (Å²) < 4.78 is 0. The SMILES string of the molecule is O=C(O)[C@@H](Cc1ccccc1Cl)Sc1ccc(Cl)cc1. The number of rotatable bonds is 5. The normalized spacial score (nSPS) is 12.1. The highest BCUT2D eigenvalue weighted by atomic mass is 35.5. The molecule has 0 aliphatic heterocycles. The van der Waals surface area contributed by atoms with Crippen LogP contribution in [0.5, 0.6) is 0 Å². The number of halogens is 2. The van der Waals surface area contributed by atoms with Crippen molar-refractivity contribution >= 4 is 40.9 Å². The summed E-state index contributed by atoms with van der Waals surface area (Å²) in [6, 6.07) is 14.4. The molecule has 0 radical (unpaired) electrons. The van der Waals surface area contributed by atoms with Gasteiger partial charge in [-0.1, -0.05) is 41.4 Å². The molecular weight excluding hydrogens is 315 g/mol. The second-order valence-corrected chi connectivity index (χ2v) is 6.31. The molecule has 2 aromatic rings. The van der Waals surface area contributed by atoms with E-state index in [2.05, 4.69) is 0 Å². The molecule has 1 atom stereocenters. The monoisotopic (exact) mass is 326 g/mol. The predicted octanol–water partition coefficient (Wildman–Crippen LogP) is 4.78. The van der Waals surface area contributed by atoms with Crippen molar-refractivity contribution in [3.8, 4) is 0 Å². The number of aliphatic carboxylic acids is 1. The standard InChI is InChI=1S/C15H12Cl2O2S/c16-11-5-7-12(8-6-11)20-14(15(18)19)9-10-3-1-2-4-13(10)17/h1-8,14H,9H2,(H,18,19)/t14-/m1/s1. The maximum atomic E-state index is 11.4. The van der Waals surface area contributed by atoms with Gasteiger partial charge in [-0.15, -0.1) is 11.8 Å². The molecule has 0 aliphatic carbocycles. The van der Waals surface area contributed by atoms with Crippen LogP contribution in [0, 0.1) is 0 Å². The Balaban J connectivity index is 2.14. The van der Waals surface area contributed by atoms with Crippen molar-refractivity contribution in [3.05, 3.63) is 64.1 Å². The molecule has 0 heterocycles. The molecule has 0 amide bonds. The molecule has 0 unspecified atom stereocenters. The first-order chi connectivity index (χ1) is 9.56. The van der Waals surface area contributed by atoms with Gasteiger partial charge >= 0.3 is 5.97 Å². The smallest absolute Gasteiger partial charge is 0.317 e. The number of hydrogen-bond donors (Lipinski definition) is 1. The second kappa shape index (κ2) is 7.02. The van der Waals surface area contributed by atoms with Crippen molar-refractivity contribution in [2.45, 2.75) is 16.6 Å². The van der Waals surface area contributed by atoms with Gasteiger partial charge in [-0.05, 0) is 42.3 Å². The van der Waals surface area contributed by atoms with E-state index in [4.69, 9.17) is 23.2 Å². The number of hydrogen-bond acceptors (Lipinski definition) is 2. The first-order valence-electron chi connectivity index (χ1n) is 5.94. The minimum atomic E-state index is -0.857. The Morgan fingerprint density at radius 2 is 1.75 bits per heavy atom. The summed E-state index contributed by atoms with van der Waals surface area (Å²) in [6.45, 7) is 0.